The number of aromatic carboxylic acids is 1. The lowest BCUT2D eigenvalue weighted by Gasteiger charge is -2.37. The normalized spacial score (nSPS) is 12.6. The van der Waals surface area contributed by atoms with Crippen molar-refractivity contribution in [1.29, 1.82) is 0 Å². The first kappa shape index (κ1) is 31.0. The molecule has 1 aromatic heterocycles. The largest absolute Gasteiger partial charge is 0.478 e. The predicted molar refractivity (Wildman–Crippen MR) is 161 cm³/mol. The van der Waals surface area contributed by atoms with Crippen LogP contribution < -0.4 is 15.1 Å². The molecule has 0 unspecified atom stereocenters. The number of hydrogen-bond acceptors (Lipinski definition) is 5. The van der Waals surface area contributed by atoms with Crippen LogP contribution in [0.5, 0.6) is 0 Å². The summed E-state index contributed by atoms with van der Waals surface area (Å²) < 4.78 is 0. The highest BCUT2D eigenvalue weighted by molar-refractivity contribution is 6.34. The molecule has 200 valence electrons. The van der Waals surface area contributed by atoms with Crippen LogP contribution in [0.25, 0.3) is 10.9 Å². The minimum Gasteiger partial charge on any atom is -0.478 e. The molecule has 0 bridgehead atoms. The van der Waals surface area contributed by atoms with Gasteiger partial charge in [0.1, 0.15) is 5.82 Å². The number of para-hydroxylation sites is 1. The highest BCUT2D eigenvalue weighted by Crippen LogP contribution is 2.28. The summed E-state index contributed by atoms with van der Waals surface area (Å²) in [5.41, 5.74) is 2.69. The van der Waals surface area contributed by atoms with Gasteiger partial charge in [-0.3, -0.25) is 4.79 Å². The second-order valence-corrected chi connectivity index (χ2v) is 8.72. The summed E-state index contributed by atoms with van der Waals surface area (Å²) in [5.74, 6) is -0.778. The Morgan fingerprint density at radius 2 is 1.42 bits per heavy atom. The number of benzene rings is 3. The van der Waals surface area contributed by atoms with Crippen LogP contribution in [0.1, 0.15) is 20.7 Å². The summed E-state index contributed by atoms with van der Waals surface area (Å²) in [6, 6.07) is 23.7. The van der Waals surface area contributed by atoms with Crippen molar-refractivity contribution in [3.8, 4) is 0 Å². The number of hydrogen-bond donors (Lipinski definition) is 2. The molecule has 0 aliphatic carbocycles. The minimum atomic E-state index is -1.05. The number of aromatic nitrogens is 1. The van der Waals surface area contributed by atoms with Gasteiger partial charge in [-0.25, -0.2) is 9.78 Å². The average molecular weight is 596 g/mol. The predicted octanol–water partition coefficient (Wildman–Crippen LogP) is 6.43. The number of carbonyl (C=O) groups excluding carboxylic acids is 1. The molecule has 4 aromatic rings. The van der Waals surface area contributed by atoms with Crippen molar-refractivity contribution in [2.45, 2.75) is 0 Å². The first-order valence-electron chi connectivity index (χ1n) is 11.3. The molecule has 1 aliphatic heterocycles. The Morgan fingerprint density at radius 1 is 0.789 bits per heavy atom. The van der Waals surface area contributed by atoms with Gasteiger partial charge in [0.2, 0.25) is 0 Å². The summed E-state index contributed by atoms with van der Waals surface area (Å²) in [6.45, 7) is 3.11. The van der Waals surface area contributed by atoms with E-state index in [0.29, 0.717) is 33.0 Å². The van der Waals surface area contributed by atoms with Gasteiger partial charge in [-0.15, -0.1) is 37.2 Å². The van der Waals surface area contributed by atoms with E-state index in [-0.39, 0.29) is 48.7 Å². The molecular formula is C27H26Cl4N4O3. The van der Waals surface area contributed by atoms with Gasteiger partial charge in [0.05, 0.1) is 21.7 Å². The topological polar surface area (TPSA) is 85.8 Å². The Labute approximate surface area is 244 Å². The zero-order chi connectivity index (χ0) is 24.4. The van der Waals surface area contributed by atoms with Gasteiger partial charge in [-0.05, 0) is 48.5 Å². The van der Waals surface area contributed by atoms with Crippen LogP contribution in [0, 0.1) is 0 Å². The Bertz CT molecular complexity index is 1410. The third-order valence-corrected chi connectivity index (χ3v) is 6.46. The van der Waals surface area contributed by atoms with Crippen molar-refractivity contribution in [1.82, 2.24) is 4.98 Å². The van der Waals surface area contributed by atoms with E-state index in [1.54, 1.807) is 48.5 Å². The van der Waals surface area contributed by atoms with Gasteiger partial charge >= 0.3 is 5.97 Å². The fourth-order valence-electron chi connectivity index (χ4n) is 4.30. The van der Waals surface area contributed by atoms with Crippen LogP contribution in [-0.4, -0.2) is 48.1 Å². The molecule has 1 aliphatic rings. The lowest BCUT2D eigenvalue weighted by molar-refractivity contribution is 0.0698. The van der Waals surface area contributed by atoms with E-state index < -0.39 is 5.97 Å². The molecule has 7 nitrogen and oxygen atoms in total. The molecule has 1 saturated heterocycles. The lowest BCUT2D eigenvalue weighted by atomic mass is 10.1. The Hall–Kier alpha value is -3.23. The van der Waals surface area contributed by atoms with Crippen LogP contribution in [0.4, 0.5) is 17.2 Å². The molecule has 5 rings (SSSR count). The van der Waals surface area contributed by atoms with Gasteiger partial charge in [-0.2, -0.15) is 0 Å². The van der Waals surface area contributed by atoms with Crippen LogP contribution in [0.2, 0.25) is 5.02 Å². The van der Waals surface area contributed by atoms with Crippen LogP contribution in [0.3, 0.4) is 0 Å². The van der Waals surface area contributed by atoms with E-state index in [4.69, 9.17) is 16.6 Å². The second kappa shape index (κ2) is 13.5. The number of nitrogens with zero attached hydrogens (tertiary/aromatic N) is 3. The molecule has 3 aromatic carbocycles. The van der Waals surface area contributed by atoms with Crippen LogP contribution in [-0.2, 0) is 0 Å². The number of nitrogens with one attached hydrogen (secondary N) is 1. The number of pyridine rings is 1. The number of carbonyl (C=O) groups is 2. The van der Waals surface area contributed by atoms with Crippen molar-refractivity contribution in [3.63, 3.8) is 0 Å². The molecule has 38 heavy (non-hydrogen) atoms. The first-order valence-corrected chi connectivity index (χ1v) is 11.7. The average Bonchev–Trinajstić information content (AvgIpc) is 2.89. The quantitative estimate of drug-likeness (QED) is 0.276. The highest BCUT2D eigenvalue weighted by atomic mass is 35.5. The number of amides is 1. The second-order valence-electron chi connectivity index (χ2n) is 8.31. The maximum Gasteiger partial charge on any atom is 0.336 e. The molecule has 11 heteroatoms. The number of rotatable bonds is 5. The van der Waals surface area contributed by atoms with E-state index in [1.165, 1.54) is 5.69 Å². The number of carboxylic acid groups (broad SMARTS) is 1. The zero-order valence-corrected chi connectivity index (χ0v) is 23.2. The van der Waals surface area contributed by atoms with E-state index in [2.05, 4.69) is 27.2 Å². The first-order chi connectivity index (χ1) is 17.0. The summed E-state index contributed by atoms with van der Waals surface area (Å²) in [6.07, 6.45) is 0. The third kappa shape index (κ3) is 6.60. The Kier molecular flexibility index (Phi) is 11.0. The maximum atomic E-state index is 12.6. The molecule has 0 atom stereocenters. The third-order valence-electron chi connectivity index (χ3n) is 6.13. The summed E-state index contributed by atoms with van der Waals surface area (Å²) in [7, 11) is 0. The molecule has 0 saturated carbocycles. The number of carboxylic acids is 1. The Balaban J connectivity index is 0.00000169. The van der Waals surface area contributed by atoms with E-state index >= 15 is 0 Å². The Morgan fingerprint density at radius 3 is 2.08 bits per heavy atom. The van der Waals surface area contributed by atoms with Gasteiger partial charge in [0.15, 0.2) is 0 Å². The number of anilines is 3. The number of halogens is 4. The smallest absolute Gasteiger partial charge is 0.336 e. The van der Waals surface area contributed by atoms with Crippen molar-refractivity contribution in [3.05, 3.63) is 95.0 Å². The fourth-order valence-corrected chi connectivity index (χ4v) is 4.53. The summed E-state index contributed by atoms with van der Waals surface area (Å²) in [4.78, 5) is 33.9. The van der Waals surface area contributed by atoms with E-state index in [1.807, 2.05) is 18.2 Å². The molecule has 1 amide bonds. The maximum absolute atomic E-state index is 12.6. The van der Waals surface area contributed by atoms with Crippen LogP contribution in [0.15, 0.2) is 78.9 Å². The standard InChI is InChI=1S/C27H23ClN4O3.3ClH/c28-23-9-5-4-8-20(23)26(33)29-18-10-11-24-21(16-18)22(27(34)35)17-25(30-24)32-14-12-31(13-15-32)19-6-2-1-3-7-19;;;/h1-11,16-17H,12-15H2,(H,29,33)(H,34,35);3*1H. The van der Waals surface area contributed by atoms with Gasteiger partial charge < -0.3 is 20.2 Å². The van der Waals surface area contributed by atoms with Crippen molar-refractivity contribution >= 4 is 88.8 Å². The van der Waals surface area contributed by atoms with E-state index in [9.17, 15) is 14.7 Å². The zero-order valence-electron chi connectivity index (χ0n) is 20.0. The van der Waals surface area contributed by atoms with Crippen molar-refractivity contribution < 1.29 is 14.7 Å². The van der Waals surface area contributed by atoms with Crippen LogP contribution >= 0.6 is 48.8 Å². The lowest BCUT2D eigenvalue weighted by Crippen LogP contribution is -2.46. The monoisotopic (exact) mass is 594 g/mol. The number of fused-ring (bicyclic) bond motifs is 1. The molecule has 0 radical (unpaired) electrons. The molecule has 0 spiro atoms. The summed E-state index contributed by atoms with van der Waals surface area (Å²) in [5, 5.41) is 13.5. The minimum absolute atomic E-state index is 0. The SMILES string of the molecule is Cl.Cl.Cl.O=C(Nc1ccc2nc(N3CCN(c4ccccc4)CC3)cc(C(=O)O)c2c1)c1ccccc1Cl. The highest BCUT2D eigenvalue weighted by Gasteiger charge is 2.21. The fraction of sp³-hybridized carbons (Fsp3) is 0.148. The van der Waals surface area contributed by atoms with Crippen molar-refractivity contribution in [2.24, 2.45) is 0 Å². The van der Waals surface area contributed by atoms with Crippen molar-refractivity contribution in [2.75, 3.05) is 41.3 Å². The molecule has 1 fully saturated rings. The number of piperazine rings is 1. The molecule has 2 heterocycles. The molecular weight excluding hydrogens is 570 g/mol. The van der Waals surface area contributed by atoms with Gasteiger partial charge in [0, 0.05) is 42.9 Å². The van der Waals surface area contributed by atoms with E-state index in [0.717, 1.165) is 26.2 Å². The molecule has 2 N–H and O–H groups in total. The van der Waals surface area contributed by atoms with Gasteiger partial charge in [-0.1, -0.05) is 41.9 Å². The van der Waals surface area contributed by atoms with Gasteiger partial charge in [0.25, 0.3) is 5.91 Å². The summed E-state index contributed by atoms with van der Waals surface area (Å²) >= 11 is 6.13.